The van der Waals surface area contributed by atoms with Crippen LogP contribution in [-0.4, -0.2) is 11.5 Å². The average Bonchev–Trinajstić information content (AvgIpc) is 2.82. The molecule has 2 heterocycles. The summed E-state index contributed by atoms with van der Waals surface area (Å²) in [5, 5.41) is 16.4. The van der Waals surface area contributed by atoms with Crippen LogP contribution in [0.5, 0.6) is 0 Å². The molecule has 17 heavy (non-hydrogen) atoms. The van der Waals surface area contributed by atoms with Crippen molar-refractivity contribution in [2.45, 2.75) is 13.3 Å². The third kappa shape index (κ3) is 3.05. The second-order valence-electron chi connectivity index (χ2n) is 3.77. The maximum absolute atomic E-state index is 8.96. The molecule has 0 bridgehead atoms. The van der Waals surface area contributed by atoms with Crippen molar-refractivity contribution in [1.82, 2.24) is 4.98 Å². The molecule has 2 aromatic rings. The molecule has 4 heteroatoms. The lowest BCUT2D eigenvalue weighted by Gasteiger charge is -2.07. The van der Waals surface area contributed by atoms with E-state index < -0.39 is 0 Å². The predicted octanol–water partition coefficient (Wildman–Crippen LogP) is 2.98. The highest BCUT2D eigenvalue weighted by Crippen LogP contribution is 2.13. The molecule has 1 N–H and O–H groups in total. The molecule has 2 aromatic heterocycles. The summed E-state index contributed by atoms with van der Waals surface area (Å²) in [4.78, 5) is 4.33. The summed E-state index contributed by atoms with van der Waals surface area (Å²) in [6.07, 6.45) is 0.948. The number of hydrogen-bond acceptors (Lipinski definition) is 4. The third-order valence-corrected chi connectivity index (χ3v) is 3.17. The lowest BCUT2D eigenvalue weighted by Crippen LogP contribution is -2.07. The number of nitrogens with zero attached hydrogens (tertiary/aromatic N) is 2. The Bertz CT molecular complexity index is 526. The molecule has 0 aliphatic rings. The number of nitrogens with one attached hydrogen (secondary N) is 1. The molecule has 86 valence electrons. The second-order valence-corrected chi connectivity index (χ2v) is 4.55. The second kappa shape index (κ2) is 5.46. The largest absolute Gasteiger partial charge is 0.369 e. The number of nitriles is 1. The van der Waals surface area contributed by atoms with Gasteiger partial charge in [0.2, 0.25) is 0 Å². The minimum atomic E-state index is 0.598. The molecular formula is C13H13N3S. The smallest absolute Gasteiger partial charge is 0.144 e. The maximum Gasteiger partial charge on any atom is 0.144 e. The normalized spacial score (nSPS) is 9.88. The van der Waals surface area contributed by atoms with Gasteiger partial charge in [0.1, 0.15) is 11.9 Å². The number of aromatic nitrogens is 1. The molecule has 0 amide bonds. The van der Waals surface area contributed by atoms with Gasteiger partial charge in [-0.1, -0.05) is 0 Å². The van der Waals surface area contributed by atoms with Crippen LogP contribution in [0.3, 0.4) is 0 Å². The maximum atomic E-state index is 8.96. The molecule has 0 saturated carbocycles. The van der Waals surface area contributed by atoms with Gasteiger partial charge in [-0.2, -0.15) is 16.6 Å². The van der Waals surface area contributed by atoms with E-state index in [0.717, 1.165) is 18.7 Å². The summed E-state index contributed by atoms with van der Waals surface area (Å²) < 4.78 is 0. The molecule has 0 unspecified atom stereocenters. The number of anilines is 1. The van der Waals surface area contributed by atoms with Gasteiger partial charge in [-0.3, -0.25) is 0 Å². The van der Waals surface area contributed by atoms with Crippen molar-refractivity contribution < 1.29 is 0 Å². The van der Waals surface area contributed by atoms with E-state index in [1.54, 1.807) is 17.4 Å². The summed E-state index contributed by atoms with van der Waals surface area (Å²) in [6.45, 7) is 2.72. The van der Waals surface area contributed by atoms with Gasteiger partial charge in [0, 0.05) is 12.2 Å². The zero-order valence-corrected chi connectivity index (χ0v) is 10.4. The molecule has 0 aliphatic carbocycles. The van der Waals surface area contributed by atoms with Crippen molar-refractivity contribution in [2.24, 2.45) is 0 Å². The lowest BCUT2D eigenvalue weighted by atomic mass is 10.2. The highest BCUT2D eigenvalue weighted by atomic mass is 32.1. The Balaban J connectivity index is 1.99. The van der Waals surface area contributed by atoms with Gasteiger partial charge < -0.3 is 5.32 Å². The van der Waals surface area contributed by atoms with Crippen molar-refractivity contribution in [3.63, 3.8) is 0 Å². The molecule has 0 spiro atoms. The molecule has 0 atom stereocenters. The Morgan fingerprint density at radius 2 is 2.29 bits per heavy atom. The van der Waals surface area contributed by atoms with Crippen LogP contribution in [0.1, 0.15) is 16.8 Å². The van der Waals surface area contributed by atoms with Crippen LogP contribution in [0.15, 0.2) is 29.0 Å². The zero-order valence-electron chi connectivity index (χ0n) is 9.60. The van der Waals surface area contributed by atoms with Crippen LogP contribution in [0.4, 0.5) is 5.82 Å². The Hall–Kier alpha value is -1.86. The number of rotatable bonds is 4. The Morgan fingerprint density at radius 3 is 3.00 bits per heavy atom. The van der Waals surface area contributed by atoms with E-state index in [0.29, 0.717) is 11.4 Å². The molecule has 3 nitrogen and oxygen atoms in total. The van der Waals surface area contributed by atoms with Crippen molar-refractivity contribution >= 4 is 17.2 Å². The summed E-state index contributed by atoms with van der Waals surface area (Å²) >= 11 is 1.70. The van der Waals surface area contributed by atoms with E-state index in [-0.39, 0.29) is 0 Å². The fraction of sp³-hybridized carbons (Fsp3) is 0.231. The van der Waals surface area contributed by atoms with E-state index >= 15 is 0 Å². The van der Waals surface area contributed by atoms with Gasteiger partial charge >= 0.3 is 0 Å². The van der Waals surface area contributed by atoms with E-state index in [1.807, 2.05) is 13.0 Å². The van der Waals surface area contributed by atoms with Crippen molar-refractivity contribution in [2.75, 3.05) is 11.9 Å². The van der Waals surface area contributed by atoms with E-state index in [1.165, 1.54) is 5.56 Å². The minimum Gasteiger partial charge on any atom is -0.369 e. The zero-order chi connectivity index (χ0) is 12.1. The van der Waals surface area contributed by atoms with E-state index in [2.05, 4.69) is 33.2 Å². The van der Waals surface area contributed by atoms with Gasteiger partial charge in [0.25, 0.3) is 0 Å². The highest BCUT2D eigenvalue weighted by Gasteiger charge is 2.03. The molecule has 0 saturated heterocycles. The number of aryl methyl sites for hydroxylation is 1. The summed E-state index contributed by atoms with van der Waals surface area (Å²) in [5.41, 5.74) is 2.83. The summed E-state index contributed by atoms with van der Waals surface area (Å²) in [6, 6.07) is 7.91. The number of thiophene rings is 1. The van der Waals surface area contributed by atoms with Crippen LogP contribution in [0, 0.1) is 18.3 Å². The number of hydrogen-bond donors (Lipinski definition) is 1. The SMILES string of the molecule is Cc1ccc(C#N)c(NCCc2ccsc2)n1. The van der Waals surface area contributed by atoms with Crippen LogP contribution in [0.2, 0.25) is 0 Å². The molecule has 0 radical (unpaired) electrons. The first-order valence-corrected chi connectivity index (χ1v) is 6.36. The van der Waals surface area contributed by atoms with Crippen LogP contribution >= 0.6 is 11.3 Å². The quantitative estimate of drug-likeness (QED) is 0.898. The fourth-order valence-corrected chi connectivity index (χ4v) is 2.24. The summed E-state index contributed by atoms with van der Waals surface area (Å²) in [5.74, 6) is 0.683. The summed E-state index contributed by atoms with van der Waals surface area (Å²) in [7, 11) is 0. The molecule has 0 fully saturated rings. The number of pyridine rings is 1. The van der Waals surface area contributed by atoms with Crippen LogP contribution < -0.4 is 5.32 Å². The van der Waals surface area contributed by atoms with E-state index in [9.17, 15) is 0 Å². The molecule has 0 aromatic carbocycles. The van der Waals surface area contributed by atoms with Crippen molar-refractivity contribution in [3.8, 4) is 6.07 Å². The Morgan fingerprint density at radius 1 is 1.41 bits per heavy atom. The van der Waals surface area contributed by atoms with Gasteiger partial charge in [-0.15, -0.1) is 0 Å². The van der Waals surface area contributed by atoms with Crippen molar-refractivity contribution in [1.29, 1.82) is 5.26 Å². The monoisotopic (exact) mass is 243 g/mol. The van der Waals surface area contributed by atoms with E-state index in [4.69, 9.17) is 5.26 Å². The average molecular weight is 243 g/mol. The molecular weight excluding hydrogens is 230 g/mol. The lowest BCUT2D eigenvalue weighted by molar-refractivity contribution is 1.00. The van der Waals surface area contributed by atoms with Crippen LogP contribution in [-0.2, 0) is 6.42 Å². The topological polar surface area (TPSA) is 48.7 Å². The Labute approximate surface area is 105 Å². The first-order chi connectivity index (χ1) is 8.29. The van der Waals surface area contributed by atoms with Gasteiger partial charge in [-0.05, 0) is 47.9 Å². The molecule has 0 aliphatic heterocycles. The van der Waals surface area contributed by atoms with Crippen molar-refractivity contribution in [3.05, 3.63) is 45.8 Å². The van der Waals surface area contributed by atoms with Gasteiger partial charge in [-0.25, -0.2) is 4.98 Å². The molecule has 2 rings (SSSR count). The Kier molecular flexibility index (Phi) is 3.73. The minimum absolute atomic E-state index is 0.598. The van der Waals surface area contributed by atoms with Crippen LogP contribution in [0.25, 0.3) is 0 Å². The third-order valence-electron chi connectivity index (χ3n) is 2.44. The predicted molar refractivity (Wildman–Crippen MR) is 70.2 cm³/mol. The highest BCUT2D eigenvalue weighted by molar-refractivity contribution is 7.07. The van der Waals surface area contributed by atoms with Gasteiger partial charge in [0.05, 0.1) is 5.56 Å². The standard InChI is InChI=1S/C13H13N3S/c1-10-2-3-12(8-14)13(16-10)15-6-4-11-5-7-17-9-11/h2-3,5,7,9H,4,6H2,1H3,(H,15,16). The first-order valence-electron chi connectivity index (χ1n) is 5.42. The van der Waals surface area contributed by atoms with Gasteiger partial charge in [0.15, 0.2) is 0 Å². The first kappa shape index (κ1) is 11.6. The fourth-order valence-electron chi connectivity index (χ4n) is 1.54.